The minimum atomic E-state index is -0.920. The van der Waals surface area contributed by atoms with Gasteiger partial charge in [-0.3, -0.25) is 0 Å². The Hall–Kier alpha value is -1.22. The summed E-state index contributed by atoms with van der Waals surface area (Å²) >= 11 is 6.11. The van der Waals surface area contributed by atoms with Crippen LogP contribution in [0.3, 0.4) is 0 Å². The quantitative estimate of drug-likeness (QED) is 0.878. The Bertz CT molecular complexity index is 415. The fourth-order valence-corrected chi connectivity index (χ4v) is 2.25. The summed E-state index contributed by atoms with van der Waals surface area (Å²) in [5, 5.41) is 9.67. The summed E-state index contributed by atoms with van der Waals surface area (Å²) in [6.07, 6.45) is 2.25. The highest BCUT2D eigenvalue weighted by molar-refractivity contribution is 6.34. The van der Waals surface area contributed by atoms with Crippen molar-refractivity contribution in [3.63, 3.8) is 0 Å². The van der Waals surface area contributed by atoms with Crippen LogP contribution in [0, 0.1) is 0 Å². The zero-order valence-electron chi connectivity index (χ0n) is 9.11. The fraction of sp³-hybridized carbons (Fsp3) is 0.417. The Kier molecular flexibility index (Phi) is 3.06. The molecule has 0 amide bonds. The third-order valence-corrected chi connectivity index (χ3v) is 3.14. The highest BCUT2D eigenvalue weighted by Gasteiger charge is 2.31. The summed E-state index contributed by atoms with van der Waals surface area (Å²) in [6.45, 7) is 2.81. The van der Waals surface area contributed by atoms with Crippen LogP contribution in [0.1, 0.15) is 30.1 Å². The van der Waals surface area contributed by atoms with E-state index in [0.29, 0.717) is 22.3 Å². The number of anilines is 1. The van der Waals surface area contributed by atoms with Gasteiger partial charge >= 0.3 is 5.97 Å². The standard InChI is InChI=1S/C12H14ClNO2/c1-2-14(8-6-7-8)11-9(12(15)16)4-3-5-10(11)13/h3-5,8H,2,6-7H2,1H3,(H,15,16). The topological polar surface area (TPSA) is 40.5 Å². The predicted molar refractivity (Wildman–Crippen MR) is 64.5 cm³/mol. The molecule has 86 valence electrons. The lowest BCUT2D eigenvalue weighted by molar-refractivity contribution is 0.0697. The molecular weight excluding hydrogens is 226 g/mol. The van der Waals surface area contributed by atoms with Crippen molar-refractivity contribution in [2.24, 2.45) is 0 Å². The molecule has 1 aromatic carbocycles. The Morgan fingerprint density at radius 3 is 2.75 bits per heavy atom. The number of carboxylic acids is 1. The molecule has 0 atom stereocenters. The number of carbonyl (C=O) groups is 1. The van der Waals surface area contributed by atoms with E-state index in [9.17, 15) is 4.79 Å². The largest absolute Gasteiger partial charge is 0.478 e. The Balaban J connectivity index is 2.47. The number of carboxylic acid groups (broad SMARTS) is 1. The molecule has 0 bridgehead atoms. The molecule has 0 radical (unpaired) electrons. The van der Waals surface area contributed by atoms with Crippen LogP contribution in [-0.2, 0) is 0 Å². The van der Waals surface area contributed by atoms with Crippen LogP contribution in [0.2, 0.25) is 5.02 Å². The molecule has 3 nitrogen and oxygen atoms in total. The van der Waals surface area contributed by atoms with E-state index >= 15 is 0 Å². The zero-order chi connectivity index (χ0) is 11.7. The van der Waals surface area contributed by atoms with Crippen molar-refractivity contribution < 1.29 is 9.90 Å². The molecule has 16 heavy (non-hydrogen) atoms. The number of hydrogen-bond donors (Lipinski definition) is 1. The third-order valence-electron chi connectivity index (χ3n) is 2.83. The first-order valence-corrected chi connectivity index (χ1v) is 5.81. The molecule has 1 aliphatic carbocycles. The van der Waals surface area contributed by atoms with Crippen molar-refractivity contribution in [1.29, 1.82) is 0 Å². The summed E-state index contributed by atoms with van der Waals surface area (Å²) < 4.78 is 0. The number of aromatic carboxylic acids is 1. The van der Waals surface area contributed by atoms with Crippen LogP contribution in [0.15, 0.2) is 18.2 Å². The normalized spacial score (nSPS) is 14.9. The molecule has 0 spiro atoms. The number of hydrogen-bond acceptors (Lipinski definition) is 2. The van der Waals surface area contributed by atoms with E-state index in [1.807, 2.05) is 6.92 Å². The monoisotopic (exact) mass is 239 g/mol. The second-order valence-corrected chi connectivity index (χ2v) is 4.37. The van der Waals surface area contributed by atoms with Crippen molar-refractivity contribution in [3.05, 3.63) is 28.8 Å². The molecule has 0 aromatic heterocycles. The summed E-state index contributed by atoms with van der Waals surface area (Å²) in [5.41, 5.74) is 0.961. The van der Waals surface area contributed by atoms with Crippen LogP contribution in [0.4, 0.5) is 5.69 Å². The van der Waals surface area contributed by atoms with Crippen LogP contribution < -0.4 is 4.90 Å². The highest BCUT2D eigenvalue weighted by Crippen LogP contribution is 2.37. The van der Waals surface area contributed by atoms with E-state index in [2.05, 4.69) is 4.90 Å². The van der Waals surface area contributed by atoms with Gasteiger partial charge in [-0.25, -0.2) is 4.79 Å². The molecule has 1 saturated carbocycles. The molecule has 0 unspecified atom stereocenters. The summed E-state index contributed by atoms with van der Waals surface area (Å²) in [5.74, 6) is -0.920. The fourth-order valence-electron chi connectivity index (χ4n) is 1.96. The molecule has 1 aliphatic rings. The van der Waals surface area contributed by atoms with Gasteiger partial charge in [0, 0.05) is 12.6 Å². The number of halogens is 1. The summed E-state index contributed by atoms with van der Waals surface area (Å²) in [6, 6.07) is 5.49. The molecule has 1 N–H and O–H groups in total. The number of benzene rings is 1. The van der Waals surface area contributed by atoms with Gasteiger partial charge in [-0.1, -0.05) is 17.7 Å². The minimum absolute atomic E-state index is 0.293. The summed E-state index contributed by atoms with van der Waals surface area (Å²) in [4.78, 5) is 13.2. The molecule has 4 heteroatoms. The van der Waals surface area contributed by atoms with Crippen molar-refractivity contribution in [3.8, 4) is 0 Å². The van der Waals surface area contributed by atoms with Gasteiger partial charge in [0.05, 0.1) is 16.3 Å². The van der Waals surface area contributed by atoms with E-state index in [-0.39, 0.29) is 0 Å². The Morgan fingerprint density at radius 2 is 2.25 bits per heavy atom. The second kappa shape index (κ2) is 4.34. The molecule has 0 heterocycles. The first-order valence-electron chi connectivity index (χ1n) is 5.43. The van der Waals surface area contributed by atoms with Gasteiger partial charge in [-0.2, -0.15) is 0 Å². The van der Waals surface area contributed by atoms with Gasteiger partial charge in [0.15, 0.2) is 0 Å². The van der Waals surface area contributed by atoms with Crippen molar-refractivity contribution in [2.45, 2.75) is 25.8 Å². The van der Waals surface area contributed by atoms with E-state index in [4.69, 9.17) is 16.7 Å². The smallest absolute Gasteiger partial charge is 0.337 e. The minimum Gasteiger partial charge on any atom is -0.478 e. The lowest BCUT2D eigenvalue weighted by atomic mass is 10.1. The Morgan fingerprint density at radius 1 is 1.56 bits per heavy atom. The van der Waals surface area contributed by atoms with Crippen LogP contribution in [0.25, 0.3) is 0 Å². The average molecular weight is 240 g/mol. The average Bonchev–Trinajstić information content (AvgIpc) is 3.05. The van der Waals surface area contributed by atoms with Gasteiger partial charge in [0.1, 0.15) is 0 Å². The van der Waals surface area contributed by atoms with Crippen molar-refractivity contribution >= 4 is 23.3 Å². The van der Waals surface area contributed by atoms with Gasteiger partial charge < -0.3 is 10.0 Å². The molecule has 2 rings (SSSR count). The molecule has 0 saturated heterocycles. The van der Waals surface area contributed by atoms with Crippen LogP contribution in [-0.4, -0.2) is 23.7 Å². The summed E-state index contributed by atoms with van der Waals surface area (Å²) in [7, 11) is 0. The van der Waals surface area contributed by atoms with E-state index in [1.54, 1.807) is 18.2 Å². The number of para-hydroxylation sites is 1. The maximum absolute atomic E-state index is 11.2. The van der Waals surface area contributed by atoms with Crippen LogP contribution >= 0.6 is 11.6 Å². The maximum atomic E-state index is 11.2. The van der Waals surface area contributed by atoms with Gasteiger partial charge in [-0.15, -0.1) is 0 Å². The van der Waals surface area contributed by atoms with E-state index in [0.717, 1.165) is 19.4 Å². The molecule has 1 fully saturated rings. The first-order chi connectivity index (χ1) is 7.65. The van der Waals surface area contributed by atoms with Crippen LogP contribution in [0.5, 0.6) is 0 Å². The third kappa shape index (κ3) is 2.00. The lowest BCUT2D eigenvalue weighted by Crippen LogP contribution is -2.27. The first kappa shape index (κ1) is 11.3. The molecular formula is C12H14ClNO2. The van der Waals surface area contributed by atoms with Crippen molar-refractivity contribution in [1.82, 2.24) is 0 Å². The lowest BCUT2D eigenvalue weighted by Gasteiger charge is -2.25. The molecule has 0 aliphatic heterocycles. The van der Waals surface area contributed by atoms with Gasteiger partial charge in [0.2, 0.25) is 0 Å². The number of nitrogens with zero attached hydrogens (tertiary/aromatic N) is 1. The van der Waals surface area contributed by atoms with E-state index in [1.165, 1.54) is 0 Å². The van der Waals surface area contributed by atoms with Gasteiger partial charge in [0.25, 0.3) is 0 Å². The highest BCUT2D eigenvalue weighted by atomic mass is 35.5. The predicted octanol–water partition coefficient (Wildman–Crippen LogP) is 3.03. The number of rotatable bonds is 4. The maximum Gasteiger partial charge on any atom is 0.337 e. The Labute approximate surface area is 99.6 Å². The second-order valence-electron chi connectivity index (χ2n) is 3.96. The van der Waals surface area contributed by atoms with Crippen molar-refractivity contribution in [2.75, 3.05) is 11.4 Å². The zero-order valence-corrected chi connectivity index (χ0v) is 9.87. The SMILES string of the molecule is CCN(c1c(Cl)cccc1C(=O)O)C1CC1. The van der Waals surface area contributed by atoms with E-state index < -0.39 is 5.97 Å². The molecule has 1 aromatic rings. The van der Waals surface area contributed by atoms with Gasteiger partial charge in [-0.05, 0) is 31.9 Å².